The second-order valence-electron chi connectivity index (χ2n) is 6.17. The monoisotopic (exact) mass is 362 g/mol. The second-order valence-corrected chi connectivity index (χ2v) is 6.17. The van der Waals surface area contributed by atoms with Gasteiger partial charge in [-0.25, -0.2) is 0 Å². The lowest BCUT2D eigenvalue weighted by Gasteiger charge is -2.21. The number of halogens is 3. The van der Waals surface area contributed by atoms with Crippen LogP contribution >= 0.6 is 0 Å². The number of aromatic nitrogens is 1. The number of ether oxygens (including phenoxy) is 1. The predicted octanol–water partition coefficient (Wildman–Crippen LogP) is 4.62. The van der Waals surface area contributed by atoms with E-state index in [9.17, 15) is 13.2 Å². The van der Waals surface area contributed by atoms with Crippen molar-refractivity contribution in [2.45, 2.75) is 18.9 Å². The number of hydrogen-bond acceptors (Lipinski definition) is 3. The van der Waals surface area contributed by atoms with E-state index < -0.39 is 11.7 Å². The minimum Gasteiger partial charge on any atom is -0.468 e. The molecule has 4 rings (SSSR count). The quantitative estimate of drug-likeness (QED) is 0.678. The number of hydrogen-bond donors (Lipinski definition) is 0. The molecule has 1 aliphatic rings. The third kappa shape index (κ3) is 3.40. The summed E-state index contributed by atoms with van der Waals surface area (Å²) in [4.78, 5) is 2.13. The maximum atomic E-state index is 12.9. The fraction of sp³-hybridized carbons (Fsp3) is 0.263. The molecule has 0 spiro atoms. The van der Waals surface area contributed by atoms with Gasteiger partial charge in [0.15, 0.2) is 0 Å². The maximum Gasteiger partial charge on any atom is 0.416 e. The summed E-state index contributed by atoms with van der Waals surface area (Å²) in [6.45, 7) is 1.98. The molecule has 2 aromatic heterocycles. The number of rotatable bonds is 4. The lowest BCUT2D eigenvalue weighted by molar-refractivity contribution is -0.137. The molecule has 1 aromatic carbocycles. The molecule has 0 unspecified atom stereocenters. The van der Waals surface area contributed by atoms with Crippen molar-refractivity contribution in [2.75, 3.05) is 13.2 Å². The minimum absolute atomic E-state index is 0.243. The standard InChI is InChI=1S/C19H17F3N2O2/c20-19(21,22)15-3-1-4-16(11-15)23-7-6-14(12-23)18-24(8-10-26-18)13-17-5-2-9-25-17/h1-7,9,11-12,18H,8,10,13H2/t18-/m0/s1. The van der Waals surface area contributed by atoms with E-state index in [0.29, 0.717) is 18.8 Å². The molecule has 26 heavy (non-hydrogen) atoms. The molecular formula is C19H17F3N2O2. The summed E-state index contributed by atoms with van der Waals surface area (Å²) in [5.74, 6) is 0.845. The largest absolute Gasteiger partial charge is 0.468 e. The molecular weight excluding hydrogens is 345 g/mol. The van der Waals surface area contributed by atoms with Gasteiger partial charge in [0.05, 0.1) is 25.0 Å². The average Bonchev–Trinajstić information content (AvgIpc) is 3.36. The van der Waals surface area contributed by atoms with Crippen LogP contribution in [0.2, 0.25) is 0 Å². The van der Waals surface area contributed by atoms with Gasteiger partial charge in [-0.1, -0.05) is 6.07 Å². The molecule has 3 heterocycles. The zero-order valence-corrected chi connectivity index (χ0v) is 13.8. The lowest BCUT2D eigenvalue weighted by atomic mass is 10.2. The van der Waals surface area contributed by atoms with Gasteiger partial charge >= 0.3 is 6.18 Å². The summed E-state index contributed by atoms with van der Waals surface area (Å²) in [5.41, 5.74) is 0.690. The normalized spacial score (nSPS) is 18.5. The predicted molar refractivity (Wildman–Crippen MR) is 88.6 cm³/mol. The molecule has 0 aliphatic carbocycles. The topological polar surface area (TPSA) is 30.5 Å². The van der Waals surface area contributed by atoms with E-state index in [0.717, 1.165) is 30.0 Å². The molecule has 1 saturated heterocycles. The highest BCUT2D eigenvalue weighted by Crippen LogP contribution is 2.32. The van der Waals surface area contributed by atoms with Gasteiger partial charge in [-0.15, -0.1) is 0 Å². The zero-order valence-electron chi connectivity index (χ0n) is 13.8. The lowest BCUT2D eigenvalue weighted by Crippen LogP contribution is -2.22. The van der Waals surface area contributed by atoms with E-state index in [-0.39, 0.29) is 6.23 Å². The second kappa shape index (κ2) is 6.66. The molecule has 4 nitrogen and oxygen atoms in total. The maximum absolute atomic E-state index is 12.9. The van der Waals surface area contributed by atoms with Gasteiger partial charge in [0.1, 0.15) is 12.0 Å². The van der Waals surface area contributed by atoms with Crippen molar-refractivity contribution in [1.82, 2.24) is 9.47 Å². The van der Waals surface area contributed by atoms with Crippen LogP contribution in [0.1, 0.15) is 23.1 Å². The first-order valence-electron chi connectivity index (χ1n) is 8.24. The molecule has 0 N–H and O–H groups in total. The molecule has 3 aromatic rings. The Morgan fingerprint density at radius 3 is 2.77 bits per heavy atom. The first-order chi connectivity index (χ1) is 12.5. The highest BCUT2D eigenvalue weighted by atomic mass is 19.4. The Balaban J connectivity index is 1.56. The van der Waals surface area contributed by atoms with Gasteiger partial charge in [-0.3, -0.25) is 4.90 Å². The number of benzene rings is 1. The van der Waals surface area contributed by atoms with Gasteiger partial charge < -0.3 is 13.7 Å². The SMILES string of the molecule is FC(F)(F)c1cccc(-n2ccc([C@@H]3OCCN3Cc3ccco3)c2)c1. The fourth-order valence-electron chi connectivity index (χ4n) is 3.14. The Kier molecular flexibility index (Phi) is 4.34. The van der Waals surface area contributed by atoms with Crippen LogP contribution in [-0.4, -0.2) is 22.6 Å². The average molecular weight is 362 g/mol. The molecule has 1 aliphatic heterocycles. The van der Waals surface area contributed by atoms with E-state index in [1.54, 1.807) is 29.3 Å². The number of nitrogens with zero attached hydrogens (tertiary/aromatic N) is 2. The molecule has 0 bridgehead atoms. The van der Waals surface area contributed by atoms with Crippen molar-refractivity contribution in [3.05, 3.63) is 78.0 Å². The molecule has 136 valence electrons. The molecule has 0 saturated carbocycles. The van der Waals surface area contributed by atoms with E-state index in [1.165, 1.54) is 6.07 Å². The Hall–Kier alpha value is -2.51. The summed E-state index contributed by atoms with van der Waals surface area (Å²) in [5, 5.41) is 0. The van der Waals surface area contributed by atoms with Crippen LogP contribution in [-0.2, 0) is 17.5 Å². The highest BCUT2D eigenvalue weighted by molar-refractivity contribution is 5.38. The van der Waals surface area contributed by atoms with Gasteiger partial charge in [0.25, 0.3) is 0 Å². The van der Waals surface area contributed by atoms with E-state index in [1.807, 2.05) is 18.2 Å². The van der Waals surface area contributed by atoms with Crippen molar-refractivity contribution >= 4 is 0 Å². The molecule has 0 amide bonds. The van der Waals surface area contributed by atoms with Crippen molar-refractivity contribution in [3.8, 4) is 5.69 Å². The Morgan fingerprint density at radius 1 is 1.12 bits per heavy atom. The van der Waals surface area contributed by atoms with E-state index >= 15 is 0 Å². The summed E-state index contributed by atoms with van der Waals surface area (Å²) < 4.78 is 51.7. The first-order valence-corrected chi connectivity index (χ1v) is 8.24. The van der Waals surface area contributed by atoms with Crippen LogP contribution in [0, 0.1) is 0 Å². The van der Waals surface area contributed by atoms with Crippen LogP contribution in [0.3, 0.4) is 0 Å². The summed E-state index contributed by atoms with van der Waals surface area (Å²) >= 11 is 0. The minimum atomic E-state index is -4.36. The Bertz CT molecular complexity index is 871. The van der Waals surface area contributed by atoms with E-state index in [4.69, 9.17) is 9.15 Å². The third-order valence-corrected chi connectivity index (χ3v) is 4.40. The first kappa shape index (κ1) is 16.9. The molecule has 1 atom stereocenters. The van der Waals surface area contributed by atoms with Gasteiger partial charge in [0.2, 0.25) is 0 Å². The van der Waals surface area contributed by atoms with Crippen molar-refractivity contribution < 1.29 is 22.3 Å². The van der Waals surface area contributed by atoms with Crippen LogP contribution in [0.25, 0.3) is 5.69 Å². The van der Waals surface area contributed by atoms with Crippen molar-refractivity contribution in [3.63, 3.8) is 0 Å². The van der Waals surface area contributed by atoms with Gasteiger partial charge in [-0.2, -0.15) is 13.2 Å². The van der Waals surface area contributed by atoms with Gasteiger partial charge in [0, 0.05) is 30.2 Å². The molecule has 7 heteroatoms. The third-order valence-electron chi connectivity index (χ3n) is 4.40. The van der Waals surface area contributed by atoms with Gasteiger partial charge in [-0.05, 0) is 36.4 Å². The summed E-state index contributed by atoms with van der Waals surface area (Å²) in [7, 11) is 0. The van der Waals surface area contributed by atoms with Crippen molar-refractivity contribution in [2.24, 2.45) is 0 Å². The van der Waals surface area contributed by atoms with Crippen LogP contribution < -0.4 is 0 Å². The smallest absolute Gasteiger partial charge is 0.416 e. The van der Waals surface area contributed by atoms with Crippen LogP contribution in [0.4, 0.5) is 13.2 Å². The summed E-state index contributed by atoms with van der Waals surface area (Å²) in [6.07, 6.45) is 0.580. The zero-order chi connectivity index (χ0) is 18.1. The molecule has 0 radical (unpaired) electrons. The van der Waals surface area contributed by atoms with Crippen molar-refractivity contribution in [1.29, 1.82) is 0 Å². The highest BCUT2D eigenvalue weighted by Gasteiger charge is 2.31. The number of furan rings is 1. The molecule has 1 fully saturated rings. The number of alkyl halides is 3. The summed E-state index contributed by atoms with van der Waals surface area (Å²) in [6, 6.07) is 10.9. The Labute approximate surface area is 148 Å². The van der Waals surface area contributed by atoms with Crippen LogP contribution in [0.5, 0.6) is 0 Å². The Morgan fingerprint density at radius 2 is 2.00 bits per heavy atom. The van der Waals surface area contributed by atoms with Crippen LogP contribution in [0.15, 0.2) is 65.5 Å². The fourth-order valence-corrected chi connectivity index (χ4v) is 3.14. The van der Waals surface area contributed by atoms with E-state index in [2.05, 4.69) is 4.90 Å².